The van der Waals surface area contributed by atoms with E-state index < -0.39 is 5.91 Å². The molecule has 0 saturated heterocycles. The minimum Gasteiger partial charge on any atom is -0.431 e. The van der Waals surface area contributed by atoms with Crippen molar-refractivity contribution in [1.82, 2.24) is 4.98 Å². The summed E-state index contributed by atoms with van der Waals surface area (Å²) in [6, 6.07) is 9.44. The van der Waals surface area contributed by atoms with E-state index in [1.165, 1.54) is 0 Å². The number of hydrogen-bond acceptors (Lipinski definition) is 3. The van der Waals surface area contributed by atoms with Crippen LogP contribution >= 0.6 is 0 Å². The molecule has 0 bridgehead atoms. The van der Waals surface area contributed by atoms with E-state index in [-0.39, 0.29) is 5.76 Å². The van der Waals surface area contributed by atoms with E-state index in [9.17, 15) is 4.79 Å². The van der Waals surface area contributed by atoms with E-state index in [4.69, 9.17) is 10.2 Å². The zero-order valence-electron chi connectivity index (χ0n) is 10.4. The molecular formula is C14H15N2O2. The Hall–Kier alpha value is -2.10. The molecule has 1 aromatic carbocycles. The molecule has 0 atom stereocenters. The monoisotopic (exact) mass is 243 g/mol. The van der Waals surface area contributed by atoms with Crippen molar-refractivity contribution in [2.24, 2.45) is 5.73 Å². The van der Waals surface area contributed by atoms with Gasteiger partial charge < -0.3 is 10.2 Å². The highest BCUT2D eigenvalue weighted by Crippen LogP contribution is 2.23. The normalized spacial score (nSPS) is 10.8. The van der Waals surface area contributed by atoms with Crippen LogP contribution in [0, 0.1) is 5.92 Å². The Morgan fingerprint density at radius 2 is 1.94 bits per heavy atom. The van der Waals surface area contributed by atoms with Gasteiger partial charge in [-0.05, 0) is 24.5 Å². The van der Waals surface area contributed by atoms with Gasteiger partial charge in [0.25, 0.3) is 5.91 Å². The SMILES string of the molecule is C[C](C)Cc1nc(-c2ccccc2)oc1C(N)=O. The van der Waals surface area contributed by atoms with E-state index in [0.717, 1.165) is 11.5 Å². The van der Waals surface area contributed by atoms with Crippen LogP contribution in [0.2, 0.25) is 0 Å². The third-order valence-electron chi connectivity index (χ3n) is 2.46. The van der Waals surface area contributed by atoms with Gasteiger partial charge in [-0.2, -0.15) is 0 Å². The third kappa shape index (κ3) is 2.59. The van der Waals surface area contributed by atoms with Gasteiger partial charge >= 0.3 is 0 Å². The maximum atomic E-state index is 11.3. The molecule has 4 heteroatoms. The molecule has 0 fully saturated rings. The van der Waals surface area contributed by atoms with Gasteiger partial charge in [0, 0.05) is 5.56 Å². The topological polar surface area (TPSA) is 69.1 Å². The first-order valence-corrected chi connectivity index (χ1v) is 5.72. The quantitative estimate of drug-likeness (QED) is 0.897. The summed E-state index contributed by atoms with van der Waals surface area (Å²) in [7, 11) is 0. The lowest BCUT2D eigenvalue weighted by molar-refractivity contribution is 0.0973. The van der Waals surface area contributed by atoms with Crippen LogP contribution < -0.4 is 5.73 Å². The Bertz CT molecular complexity index is 544. The second-order valence-electron chi connectivity index (χ2n) is 4.41. The highest BCUT2D eigenvalue weighted by Gasteiger charge is 2.19. The van der Waals surface area contributed by atoms with Crippen molar-refractivity contribution in [2.45, 2.75) is 20.3 Å². The summed E-state index contributed by atoms with van der Waals surface area (Å²) in [6.45, 7) is 3.95. The van der Waals surface area contributed by atoms with Gasteiger partial charge in [0.15, 0.2) is 0 Å². The molecule has 2 aromatic rings. The van der Waals surface area contributed by atoms with Gasteiger partial charge in [0.05, 0.1) is 5.69 Å². The van der Waals surface area contributed by atoms with Crippen LogP contribution in [0.15, 0.2) is 34.7 Å². The number of rotatable bonds is 4. The lowest BCUT2D eigenvalue weighted by Crippen LogP contribution is -2.13. The van der Waals surface area contributed by atoms with E-state index in [1.807, 2.05) is 44.2 Å². The minimum absolute atomic E-state index is 0.148. The minimum atomic E-state index is -0.582. The molecule has 1 aromatic heterocycles. The molecule has 0 unspecified atom stereocenters. The number of amides is 1. The second-order valence-corrected chi connectivity index (χ2v) is 4.41. The number of nitrogens with two attached hydrogens (primary N) is 1. The van der Waals surface area contributed by atoms with Gasteiger partial charge in [-0.25, -0.2) is 4.98 Å². The van der Waals surface area contributed by atoms with Crippen molar-refractivity contribution in [3.05, 3.63) is 47.7 Å². The average molecular weight is 243 g/mol. The Labute approximate surface area is 106 Å². The molecule has 0 saturated carbocycles. The van der Waals surface area contributed by atoms with Crippen molar-refractivity contribution < 1.29 is 9.21 Å². The fraction of sp³-hybridized carbons (Fsp3) is 0.214. The molecule has 0 aliphatic rings. The molecular weight excluding hydrogens is 228 g/mol. The Morgan fingerprint density at radius 3 is 2.50 bits per heavy atom. The Morgan fingerprint density at radius 1 is 1.28 bits per heavy atom. The molecule has 0 aliphatic carbocycles. The van der Waals surface area contributed by atoms with Crippen molar-refractivity contribution >= 4 is 5.91 Å². The summed E-state index contributed by atoms with van der Waals surface area (Å²) in [4.78, 5) is 15.7. The number of hydrogen-bond donors (Lipinski definition) is 1. The van der Waals surface area contributed by atoms with Crippen LogP contribution in [0.1, 0.15) is 30.1 Å². The zero-order chi connectivity index (χ0) is 13.1. The number of primary amides is 1. The maximum Gasteiger partial charge on any atom is 0.286 e. The molecule has 1 heterocycles. The van der Waals surface area contributed by atoms with E-state index in [0.29, 0.717) is 18.0 Å². The van der Waals surface area contributed by atoms with Crippen molar-refractivity contribution in [3.63, 3.8) is 0 Å². The van der Waals surface area contributed by atoms with Crippen LogP contribution in [0.3, 0.4) is 0 Å². The van der Waals surface area contributed by atoms with Crippen LogP contribution in [-0.2, 0) is 6.42 Å². The van der Waals surface area contributed by atoms with Gasteiger partial charge in [-0.1, -0.05) is 32.0 Å². The van der Waals surface area contributed by atoms with Crippen LogP contribution in [0.5, 0.6) is 0 Å². The summed E-state index contributed by atoms with van der Waals surface area (Å²) < 4.78 is 5.46. The standard InChI is InChI=1S/C14H15N2O2/c1-9(2)8-11-12(13(15)17)18-14(16-11)10-6-4-3-5-7-10/h3-7H,8H2,1-2H3,(H2,15,17). The zero-order valence-corrected chi connectivity index (χ0v) is 10.4. The lowest BCUT2D eigenvalue weighted by atomic mass is 10.1. The molecule has 93 valence electrons. The van der Waals surface area contributed by atoms with E-state index >= 15 is 0 Å². The largest absolute Gasteiger partial charge is 0.431 e. The molecule has 4 nitrogen and oxygen atoms in total. The third-order valence-corrected chi connectivity index (χ3v) is 2.46. The first-order valence-electron chi connectivity index (χ1n) is 5.72. The number of benzene rings is 1. The van der Waals surface area contributed by atoms with Gasteiger partial charge in [-0.15, -0.1) is 0 Å². The smallest absolute Gasteiger partial charge is 0.286 e. The lowest BCUT2D eigenvalue weighted by Gasteiger charge is -1.99. The first kappa shape index (κ1) is 12.4. The number of nitrogens with zero attached hydrogens (tertiary/aromatic N) is 1. The van der Waals surface area contributed by atoms with Crippen molar-refractivity contribution in [2.75, 3.05) is 0 Å². The number of aromatic nitrogens is 1. The van der Waals surface area contributed by atoms with Crippen molar-refractivity contribution in [3.8, 4) is 11.5 Å². The molecule has 2 N–H and O–H groups in total. The van der Waals surface area contributed by atoms with Gasteiger partial charge in [0.2, 0.25) is 11.7 Å². The van der Waals surface area contributed by atoms with Crippen LogP contribution in [0.4, 0.5) is 0 Å². The fourth-order valence-electron chi connectivity index (χ4n) is 1.70. The first-order chi connectivity index (χ1) is 8.58. The summed E-state index contributed by atoms with van der Waals surface area (Å²) in [5, 5.41) is 0. The average Bonchev–Trinajstić information content (AvgIpc) is 2.73. The number of oxazole rings is 1. The highest BCUT2D eigenvalue weighted by atomic mass is 16.4. The maximum absolute atomic E-state index is 11.3. The molecule has 18 heavy (non-hydrogen) atoms. The number of carbonyl (C=O) groups excluding carboxylic acids is 1. The second kappa shape index (κ2) is 5.04. The van der Waals surface area contributed by atoms with E-state index in [1.54, 1.807) is 0 Å². The molecule has 0 aliphatic heterocycles. The summed E-state index contributed by atoms with van der Waals surface area (Å²) >= 11 is 0. The van der Waals surface area contributed by atoms with Crippen LogP contribution in [-0.4, -0.2) is 10.9 Å². The van der Waals surface area contributed by atoms with Crippen molar-refractivity contribution in [1.29, 1.82) is 0 Å². The Balaban J connectivity index is 2.42. The fourth-order valence-corrected chi connectivity index (χ4v) is 1.70. The van der Waals surface area contributed by atoms with E-state index in [2.05, 4.69) is 4.98 Å². The van der Waals surface area contributed by atoms with Crippen LogP contribution in [0.25, 0.3) is 11.5 Å². The Kier molecular flexibility index (Phi) is 3.46. The molecule has 0 spiro atoms. The van der Waals surface area contributed by atoms with Gasteiger partial charge in [-0.3, -0.25) is 4.79 Å². The predicted octanol–water partition coefficient (Wildman–Crippen LogP) is 2.60. The van der Waals surface area contributed by atoms with Gasteiger partial charge in [0.1, 0.15) is 0 Å². The summed E-state index contributed by atoms with van der Waals surface area (Å²) in [5.41, 5.74) is 6.73. The molecule has 1 radical (unpaired) electrons. The summed E-state index contributed by atoms with van der Waals surface area (Å²) in [5.74, 6) is 1.14. The molecule has 2 rings (SSSR count). The highest BCUT2D eigenvalue weighted by molar-refractivity contribution is 5.91. The number of carbonyl (C=O) groups is 1. The predicted molar refractivity (Wildman–Crippen MR) is 68.8 cm³/mol. The molecule has 1 amide bonds. The summed E-state index contributed by atoms with van der Waals surface area (Å²) in [6.07, 6.45) is 0.592.